The van der Waals surface area contributed by atoms with E-state index in [2.05, 4.69) is 38.0 Å². The second kappa shape index (κ2) is 10.5. The van der Waals surface area contributed by atoms with Crippen LogP contribution in [-0.4, -0.2) is 26.4 Å². The molecule has 0 saturated carbocycles. The number of carbonyl (C=O) groups is 1. The molecule has 3 rings (SSSR count). The van der Waals surface area contributed by atoms with E-state index >= 15 is 0 Å². The van der Waals surface area contributed by atoms with Crippen molar-refractivity contribution in [2.75, 3.05) is 11.1 Å². The van der Waals surface area contributed by atoms with Crippen LogP contribution in [-0.2, 0) is 11.3 Å². The summed E-state index contributed by atoms with van der Waals surface area (Å²) in [4.78, 5) is 12.3. The zero-order chi connectivity index (χ0) is 22.4. The van der Waals surface area contributed by atoms with Gasteiger partial charge in [-0.05, 0) is 37.3 Å². The SMILES string of the molecule is C=CCn1c(SCC(=O)Nc2ccc(Br)cc2F)nnc1C(C)Oc1ccccc1F. The van der Waals surface area contributed by atoms with Crippen molar-refractivity contribution >= 4 is 39.3 Å². The number of thioether (sulfide) groups is 1. The van der Waals surface area contributed by atoms with Crippen LogP contribution < -0.4 is 10.1 Å². The molecule has 1 N–H and O–H groups in total. The number of rotatable bonds is 9. The zero-order valence-corrected chi connectivity index (χ0v) is 18.9. The number of hydrogen-bond donors (Lipinski definition) is 1. The first-order chi connectivity index (χ1) is 14.9. The third-order valence-corrected chi connectivity index (χ3v) is 5.56. The minimum absolute atomic E-state index is 0.00662. The van der Waals surface area contributed by atoms with Crippen molar-refractivity contribution < 1.29 is 18.3 Å². The lowest BCUT2D eigenvalue weighted by Gasteiger charge is -2.16. The van der Waals surface area contributed by atoms with E-state index in [0.29, 0.717) is 22.0 Å². The van der Waals surface area contributed by atoms with Crippen LogP contribution in [0.15, 0.2) is 64.7 Å². The summed E-state index contributed by atoms with van der Waals surface area (Å²) in [7, 11) is 0. The van der Waals surface area contributed by atoms with Crippen LogP contribution in [0.2, 0.25) is 0 Å². The number of halogens is 3. The van der Waals surface area contributed by atoms with E-state index in [1.54, 1.807) is 35.8 Å². The minimum Gasteiger partial charge on any atom is -0.480 e. The van der Waals surface area contributed by atoms with E-state index in [9.17, 15) is 13.6 Å². The van der Waals surface area contributed by atoms with E-state index in [0.717, 1.165) is 11.8 Å². The van der Waals surface area contributed by atoms with Gasteiger partial charge >= 0.3 is 0 Å². The van der Waals surface area contributed by atoms with Gasteiger partial charge in [-0.15, -0.1) is 16.8 Å². The van der Waals surface area contributed by atoms with Crippen molar-refractivity contribution in [1.29, 1.82) is 0 Å². The number of amides is 1. The summed E-state index contributed by atoms with van der Waals surface area (Å²) >= 11 is 4.31. The minimum atomic E-state index is -0.593. The van der Waals surface area contributed by atoms with Gasteiger partial charge in [-0.1, -0.05) is 45.9 Å². The van der Waals surface area contributed by atoms with Gasteiger partial charge in [0, 0.05) is 11.0 Å². The molecule has 2 aromatic carbocycles. The van der Waals surface area contributed by atoms with Crippen molar-refractivity contribution in [3.63, 3.8) is 0 Å². The lowest BCUT2D eigenvalue weighted by molar-refractivity contribution is -0.113. The Balaban J connectivity index is 1.69. The summed E-state index contributed by atoms with van der Waals surface area (Å²) in [6, 6.07) is 10.5. The highest BCUT2D eigenvalue weighted by Gasteiger charge is 2.21. The Bertz CT molecular complexity index is 1090. The molecule has 0 aliphatic rings. The molecule has 0 bridgehead atoms. The number of carbonyl (C=O) groups excluding carboxylic acids is 1. The Hall–Kier alpha value is -2.72. The Morgan fingerprint density at radius 3 is 2.77 bits per heavy atom. The second-order valence-electron chi connectivity index (χ2n) is 6.39. The van der Waals surface area contributed by atoms with E-state index in [4.69, 9.17) is 4.74 Å². The van der Waals surface area contributed by atoms with Crippen molar-refractivity contribution in [3.05, 3.63) is 77.1 Å². The number of hydrogen-bond acceptors (Lipinski definition) is 5. The summed E-state index contributed by atoms with van der Waals surface area (Å²) in [5, 5.41) is 11.3. The van der Waals surface area contributed by atoms with Crippen LogP contribution in [0.3, 0.4) is 0 Å². The first-order valence-corrected chi connectivity index (χ1v) is 11.0. The molecule has 31 heavy (non-hydrogen) atoms. The molecule has 10 heteroatoms. The monoisotopic (exact) mass is 508 g/mol. The Labute approximate surface area is 190 Å². The Kier molecular flexibility index (Phi) is 7.80. The molecule has 1 atom stereocenters. The molecule has 1 amide bonds. The number of nitrogens with zero attached hydrogens (tertiary/aromatic N) is 3. The van der Waals surface area contributed by atoms with E-state index in [1.165, 1.54) is 24.3 Å². The van der Waals surface area contributed by atoms with Gasteiger partial charge in [0.2, 0.25) is 5.91 Å². The largest absolute Gasteiger partial charge is 0.480 e. The first kappa shape index (κ1) is 23.0. The predicted octanol–water partition coefficient (Wildman–Crippen LogP) is 5.38. The van der Waals surface area contributed by atoms with E-state index in [1.807, 2.05) is 0 Å². The highest BCUT2D eigenvalue weighted by atomic mass is 79.9. The topological polar surface area (TPSA) is 69.0 Å². The van der Waals surface area contributed by atoms with Crippen molar-refractivity contribution in [2.24, 2.45) is 0 Å². The van der Waals surface area contributed by atoms with Gasteiger partial charge in [-0.2, -0.15) is 0 Å². The second-order valence-corrected chi connectivity index (χ2v) is 8.25. The Morgan fingerprint density at radius 2 is 2.06 bits per heavy atom. The molecule has 0 aliphatic carbocycles. The van der Waals surface area contributed by atoms with Crippen LogP contribution in [0.5, 0.6) is 5.75 Å². The molecule has 0 aliphatic heterocycles. The van der Waals surface area contributed by atoms with Gasteiger partial charge in [0.25, 0.3) is 0 Å². The molecule has 6 nitrogen and oxygen atoms in total. The lowest BCUT2D eigenvalue weighted by atomic mass is 10.3. The van der Waals surface area contributed by atoms with Gasteiger partial charge < -0.3 is 10.1 Å². The molecule has 0 radical (unpaired) electrons. The average molecular weight is 509 g/mol. The highest BCUT2D eigenvalue weighted by Crippen LogP contribution is 2.26. The van der Waals surface area contributed by atoms with Crippen molar-refractivity contribution in [1.82, 2.24) is 14.8 Å². The maximum absolute atomic E-state index is 13.9. The van der Waals surface area contributed by atoms with Crippen LogP contribution in [0.4, 0.5) is 14.5 Å². The smallest absolute Gasteiger partial charge is 0.234 e. The van der Waals surface area contributed by atoms with Gasteiger partial charge in [0.1, 0.15) is 5.82 Å². The van der Waals surface area contributed by atoms with E-state index in [-0.39, 0.29) is 17.2 Å². The average Bonchev–Trinajstić information content (AvgIpc) is 3.13. The molecular weight excluding hydrogens is 490 g/mol. The lowest BCUT2D eigenvalue weighted by Crippen LogP contribution is -2.16. The molecule has 0 fully saturated rings. The normalized spacial score (nSPS) is 11.7. The fourth-order valence-corrected chi connectivity index (χ4v) is 3.79. The van der Waals surface area contributed by atoms with Gasteiger partial charge in [0.05, 0.1) is 11.4 Å². The highest BCUT2D eigenvalue weighted by molar-refractivity contribution is 9.10. The number of para-hydroxylation sites is 1. The standard InChI is InChI=1S/C21H19BrF2N4O2S/c1-3-10-28-20(13(2)30-18-7-5-4-6-15(18)23)26-27-21(28)31-12-19(29)25-17-9-8-14(22)11-16(17)24/h3-9,11,13H,1,10,12H2,2H3,(H,25,29). The maximum atomic E-state index is 13.9. The van der Waals surface area contributed by atoms with E-state index < -0.39 is 23.6 Å². The summed E-state index contributed by atoms with van der Waals surface area (Å²) in [5.41, 5.74) is 0.0916. The number of ether oxygens (including phenoxy) is 1. The van der Waals surface area contributed by atoms with Gasteiger partial charge in [0.15, 0.2) is 28.7 Å². The van der Waals surface area contributed by atoms with Crippen LogP contribution >= 0.6 is 27.7 Å². The van der Waals surface area contributed by atoms with Gasteiger partial charge in [-0.25, -0.2) is 8.78 Å². The molecule has 1 aromatic heterocycles. The van der Waals surface area contributed by atoms with Crippen LogP contribution in [0.1, 0.15) is 18.9 Å². The third-order valence-electron chi connectivity index (χ3n) is 4.10. The zero-order valence-electron chi connectivity index (χ0n) is 16.5. The van der Waals surface area contributed by atoms with Gasteiger partial charge in [-0.3, -0.25) is 9.36 Å². The number of benzene rings is 2. The predicted molar refractivity (Wildman–Crippen MR) is 119 cm³/mol. The third kappa shape index (κ3) is 5.92. The van der Waals surface area contributed by atoms with Crippen LogP contribution in [0.25, 0.3) is 0 Å². The number of nitrogens with one attached hydrogen (secondary N) is 1. The molecule has 0 saturated heterocycles. The first-order valence-electron chi connectivity index (χ1n) is 9.22. The molecule has 0 spiro atoms. The van der Waals surface area contributed by atoms with Crippen molar-refractivity contribution in [2.45, 2.75) is 24.7 Å². The fourth-order valence-electron chi connectivity index (χ4n) is 2.70. The molecule has 3 aromatic rings. The molecule has 1 heterocycles. The Morgan fingerprint density at radius 1 is 1.29 bits per heavy atom. The van der Waals surface area contributed by atoms with Crippen molar-refractivity contribution in [3.8, 4) is 5.75 Å². The maximum Gasteiger partial charge on any atom is 0.234 e. The fraction of sp³-hybridized carbons (Fsp3) is 0.190. The summed E-state index contributed by atoms with van der Waals surface area (Å²) in [6.07, 6.45) is 1.06. The molecule has 1 unspecified atom stereocenters. The molecular formula is C21H19BrF2N4O2S. The number of aromatic nitrogens is 3. The van der Waals surface area contributed by atoms with Crippen LogP contribution in [0, 0.1) is 11.6 Å². The quantitative estimate of drug-likeness (QED) is 0.310. The summed E-state index contributed by atoms with van der Waals surface area (Å²) in [6.45, 7) is 5.84. The summed E-state index contributed by atoms with van der Waals surface area (Å²) in [5.74, 6) is -0.845. The molecule has 162 valence electrons. The summed E-state index contributed by atoms with van der Waals surface area (Å²) < 4.78 is 35.8. The number of allylic oxidation sites excluding steroid dienone is 1. The number of anilines is 1.